The number of aryl methyl sites for hydroxylation is 1. The number of nitrogens with one attached hydrogen (secondary N) is 1. The Morgan fingerprint density at radius 1 is 1.45 bits per heavy atom. The molecule has 1 aliphatic carbocycles. The molecule has 2 atom stereocenters. The second-order valence-corrected chi connectivity index (χ2v) is 7.81. The molecule has 1 saturated carbocycles. The van der Waals surface area contributed by atoms with Crippen molar-refractivity contribution in [2.24, 2.45) is 11.3 Å². The van der Waals surface area contributed by atoms with Gasteiger partial charge in [0.25, 0.3) is 0 Å². The van der Waals surface area contributed by atoms with Crippen molar-refractivity contribution < 1.29 is 4.74 Å². The van der Waals surface area contributed by atoms with Crippen molar-refractivity contribution in [1.29, 1.82) is 0 Å². The molecule has 1 aromatic heterocycles. The highest BCUT2D eigenvalue weighted by atomic mass is 32.1. The van der Waals surface area contributed by atoms with Gasteiger partial charge in [-0.2, -0.15) is 0 Å². The first-order valence-electron chi connectivity index (χ1n) is 7.56. The third-order valence-electron chi connectivity index (χ3n) is 4.64. The third-order valence-corrected chi connectivity index (χ3v) is 5.78. The summed E-state index contributed by atoms with van der Waals surface area (Å²) in [6.45, 7) is 10.9. The standard InChI is InChI=1S/C16H28N2OS/c1-12-10-15(3,4)6-7-16(12,17-8-9-19-5)14-18-13(2)11-20-14/h11-12,17H,6-10H2,1-5H3. The Labute approximate surface area is 127 Å². The molecule has 2 rings (SSSR count). The van der Waals surface area contributed by atoms with Gasteiger partial charge in [-0.15, -0.1) is 11.3 Å². The van der Waals surface area contributed by atoms with Crippen molar-refractivity contribution >= 4 is 11.3 Å². The molecule has 0 bridgehead atoms. The largest absolute Gasteiger partial charge is 0.383 e. The minimum Gasteiger partial charge on any atom is -0.383 e. The van der Waals surface area contributed by atoms with E-state index in [9.17, 15) is 0 Å². The van der Waals surface area contributed by atoms with E-state index in [1.165, 1.54) is 17.8 Å². The molecule has 0 saturated heterocycles. The number of nitrogens with zero attached hydrogens (tertiary/aromatic N) is 1. The van der Waals surface area contributed by atoms with E-state index >= 15 is 0 Å². The van der Waals surface area contributed by atoms with E-state index in [4.69, 9.17) is 9.72 Å². The van der Waals surface area contributed by atoms with Crippen LogP contribution in [0.25, 0.3) is 0 Å². The van der Waals surface area contributed by atoms with Gasteiger partial charge < -0.3 is 10.1 Å². The van der Waals surface area contributed by atoms with Gasteiger partial charge in [0, 0.05) is 24.7 Å². The van der Waals surface area contributed by atoms with Crippen LogP contribution in [0.4, 0.5) is 0 Å². The van der Waals surface area contributed by atoms with E-state index < -0.39 is 0 Å². The van der Waals surface area contributed by atoms with Crippen LogP contribution in [0.1, 0.15) is 50.7 Å². The summed E-state index contributed by atoms with van der Waals surface area (Å²) in [4.78, 5) is 4.80. The molecule has 0 radical (unpaired) electrons. The van der Waals surface area contributed by atoms with Gasteiger partial charge in [-0.3, -0.25) is 0 Å². The fraction of sp³-hybridized carbons (Fsp3) is 0.812. The Morgan fingerprint density at radius 2 is 2.20 bits per heavy atom. The van der Waals surface area contributed by atoms with E-state index in [1.807, 2.05) is 0 Å². The lowest BCUT2D eigenvalue weighted by atomic mass is 9.64. The number of methoxy groups -OCH3 is 1. The minimum atomic E-state index is 0.0347. The molecule has 1 aliphatic rings. The van der Waals surface area contributed by atoms with Crippen LogP contribution in [0.3, 0.4) is 0 Å². The SMILES string of the molecule is COCCNC1(c2nc(C)cs2)CCC(C)(C)CC1C. The zero-order valence-corrected chi connectivity index (χ0v) is 14.3. The summed E-state index contributed by atoms with van der Waals surface area (Å²) in [7, 11) is 1.76. The molecule has 1 fully saturated rings. The van der Waals surface area contributed by atoms with Crippen LogP contribution >= 0.6 is 11.3 Å². The molecule has 3 nitrogen and oxygen atoms in total. The fourth-order valence-corrected chi connectivity index (χ4v) is 4.60. The van der Waals surface area contributed by atoms with Gasteiger partial charge >= 0.3 is 0 Å². The van der Waals surface area contributed by atoms with Gasteiger partial charge in [-0.1, -0.05) is 20.8 Å². The molecule has 0 aliphatic heterocycles. The maximum absolute atomic E-state index is 5.22. The third kappa shape index (κ3) is 3.23. The normalized spacial score (nSPS) is 29.6. The quantitative estimate of drug-likeness (QED) is 0.841. The first-order valence-corrected chi connectivity index (χ1v) is 8.44. The van der Waals surface area contributed by atoms with E-state index in [2.05, 4.69) is 38.4 Å². The zero-order chi connectivity index (χ0) is 14.8. The van der Waals surface area contributed by atoms with Crippen LogP contribution < -0.4 is 5.32 Å². The maximum atomic E-state index is 5.22. The molecule has 0 spiro atoms. The summed E-state index contributed by atoms with van der Waals surface area (Å²) in [5, 5.41) is 7.20. The maximum Gasteiger partial charge on any atom is 0.113 e. The van der Waals surface area contributed by atoms with Crippen LogP contribution in [-0.4, -0.2) is 25.2 Å². The molecule has 2 unspecified atom stereocenters. The van der Waals surface area contributed by atoms with Gasteiger partial charge in [0.1, 0.15) is 5.01 Å². The molecule has 0 aromatic carbocycles. The lowest BCUT2D eigenvalue weighted by Crippen LogP contribution is -2.52. The molecule has 114 valence electrons. The monoisotopic (exact) mass is 296 g/mol. The minimum absolute atomic E-state index is 0.0347. The van der Waals surface area contributed by atoms with Gasteiger partial charge in [0.2, 0.25) is 0 Å². The number of hydrogen-bond donors (Lipinski definition) is 1. The Kier molecular flexibility index (Phi) is 4.88. The lowest BCUT2D eigenvalue weighted by Gasteiger charge is -2.48. The average molecular weight is 296 g/mol. The number of rotatable bonds is 5. The van der Waals surface area contributed by atoms with E-state index in [1.54, 1.807) is 18.4 Å². The Balaban J connectivity index is 2.25. The smallest absolute Gasteiger partial charge is 0.113 e. The average Bonchev–Trinajstić information content (AvgIpc) is 2.79. The molecule has 0 amide bonds. The highest BCUT2D eigenvalue weighted by molar-refractivity contribution is 7.09. The van der Waals surface area contributed by atoms with Crippen LogP contribution in [0.2, 0.25) is 0 Å². The number of ether oxygens (including phenoxy) is 1. The van der Waals surface area contributed by atoms with Crippen LogP contribution in [0.5, 0.6) is 0 Å². The van der Waals surface area contributed by atoms with Crippen LogP contribution in [-0.2, 0) is 10.3 Å². The van der Waals surface area contributed by atoms with Crippen LogP contribution in [0.15, 0.2) is 5.38 Å². The van der Waals surface area contributed by atoms with E-state index in [0.29, 0.717) is 11.3 Å². The highest BCUT2D eigenvalue weighted by Crippen LogP contribution is 2.49. The zero-order valence-electron chi connectivity index (χ0n) is 13.5. The van der Waals surface area contributed by atoms with Gasteiger partial charge in [-0.05, 0) is 37.5 Å². The molecule has 1 heterocycles. The summed E-state index contributed by atoms with van der Waals surface area (Å²) in [6.07, 6.45) is 3.65. The van der Waals surface area contributed by atoms with Crippen molar-refractivity contribution in [3.63, 3.8) is 0 Å². The van der Waals surface area contributed by atoms with Crippen molar-refractivity contribution in [2.75, 3.05) is 20.3 Å². The predicted octanol–water partition coefficient (Wildman–Crippen LogP) is 3.73. The molecule has 1 aromatic rings. The summed E-state index contributed by atoms with van der Waals surface area (Å²) in [6, 6.07) is 0. The number of hydrogen-bond acceptors (Lipinski definition) is 4. The summed E-state index contributed by atoms with van der Waals surface area (Å²) >= 11 is 1.80. The van der Waals surface area contributed by atoms with E-state index in [0.717, 1.165) is 25.3 Å². The van der Waals surface area contributed by atoms with Crippen molar-refractivity contribution in [3.8, 4) is 0 Å². The van der Waals surface area contributed by atoms with Gasteiger partial charge in [0.15, 0.2) is 0 Å². The highest BCUT2D eigenvalue weighted by Gasteiger charge is 2.46. The van der Waals surface area contributed by atoms with Gasteiger partial charge in [-0.25, -0.2) is 4.98 Å². The number of thiazole rings is 1. The second kappa shape index (κ2) is 6.12. The first-order chi connectivity index (χ1) is 9.39. The van der Waals surface area contributed by atoms with Crippen LogP contribution in [0, 0.1) is 18.3 Å². The molecular formula is C16H28N2OS. The van der Waals surface area contributed by atoms with Crippen molar-refractivity contribution in [1.82, 2.24) is 10.3 Å². The molecule has 20 heavy (non-hydrogen) atoms. The predicted molar refractivity (Wildman–Crippen MR) is 85.2 cm³/mol. The Hall–Kier alpha value is -0.450. The topological polar surface area (TPSA) is 34.1 Å². The van der Waals surface area contributed by atoms with Crippen molar-refractivity contribution in [3.05, 3.63) is 16.1 Å². The number of aromatic nitrogens is 1. The van der Waals surface area contributed by atoms with Crippen molar-refractivity contribution in [2.45, 2.75) is 52.5 Å². The fourth-order valence-electron chi connectivity index (χ4n) is 3.48. The molecule has 1 N–H and O–H groups in total. The molecule has 4 heteroatoms. The van der Waals surface area contributed by atoms with Gasteiger partial charge in [0.05, 0.1) is 12.1 Å². The Bertz CT molecular complexity index is 443. The second-order valence-electron chi connectivity index (χ2n) is 6.95. The summed E-state index contributed by atoms with van der Waals surface area (Å²) in [5.41, 5.74) is 1.61. The van der Waals surface area contributed by atoms with E-state index in [-0.39, 0.29) is 5.54 Å². The Morgan fingerprint density at radius 3 is 2.75 bits per heavy atom. The summed E-state index contributed by atoms with van der Waals surface area (Å²) < 4.78 is 5.22. The summed E-state index contributed by atoms with van der Waals surface area (Å²) in [5.74, 6) is 0.591. The first kappa shape index (κ1) is 15.9. The molecular weight excluding hydrogens is 268 g/mol. The lowest BCUT2D eigenvalue weighted by molar-refractivity contribution is 0.0641.